The van der Waals surface area contributed by atoms with Crippen molar-refractivity contribution in [1.82, 2.24) is 4.72 Å². The molecule has 1 aliphatic rings. The summed E-state index contributed by atoms with van der Waals surface area (Å²) in [7, 11) is -2.26. The van der Waals surface area contributed by atoms with E-state index in [0.29, 0.717) is 22.7 Å². The standard InChI is InChI=1S/C21H24N2O6S/c1-14(2)29-18-9-4-15(12-19(18)28-3)13-22-30(26,27)17-7-5-16(6-8-17)23-20(24)10-11-21(23)25/h4-9,12,14,22H,10-11,13H2,1-3H3. The molecule has 0 saturated carbocycles. The van der Waals surface area contributed by atoms with Gasteiger partial charge in [-0.25, -0.2) is 13.1 Å². The fourth-order valence-electron chi connectivity index (χ4n) is 3.07. The van der Waals surface area contributed by atoms with E-state index < -0.39 is 10.0 Å². The zero-order chi connectivity index (χ0) is 21.9. The highest BCUT2D eigenvalue weighted by atomic mass is 32.2. The van der Waals surface area contributed by atoms with E-state index in [4.69, 9.17) is 9.47 Å². The third-order valence-corrected chi connectivity index (χ3v) is 5.93. The maximum Gasteiger partial charge on any atom is 0.240 e. The maximum atomic E-state index is 12.6. The number of carbonyl (C=O) groups is 2. The Morgan fingerprint density at radius 1 is 1.00 bits per heavy atom. The van der Waals surface area contributed by atoms with Crippen molar-refractivity contribution in [2.45, 2.75) is 44.2 Å². The van der Waals surface area contributed by atoms with E-state index in [9.17, 15) is 18.0 Å². The second kappa shape index (κ2) is 8.85. The van der Waals surface area contributed by atoms with Crippen LogP contribution in [0.2, 0.25) is 0 Å². The third kappa shape index (κ3) is 4.80. The molecule has 0 unspecified atom stereocenters. The molecular weight excluding hydrogens is 408 g/mol. The number of anilines is 1. The molecule has 8 nitrogen and oxygen atoms in total. The summed E-state index contributed by atoms with van der Waals surface area (Å²) in [5.74, 6) is 0.533. The predicted molar refractivity (Wildman–Crippen MR) is 111 cm³/mol. The molecule has 1 N–H and O–H groups in total. The van der Waals surface area contributed by atoms with Crippen LogP contribution in [0.3, 0.4) is 0 Å². The minimum absolute atomic E-state index is 0.0163. The minimum atomic E-state index is -3.78. The van der Waals surface area contributed by atoms with Gasteiger partial charge in [0.2, 0.25) is 21.8 Å². The van der Waals surface area contributed by atoms with Crippen LogP contribution < -0.4 is 19.1 Å². The molecule has 0 aliphatic carbocycles. The van der Waals surface area contributed by atoms with Crippen LogP contribution in [0.1, 0.15) is 32.3 Å². The molecule has 0 bridgehead atoms. The average molecular weight is 432 g/mol. The number of carbonyl (C=O) groups excluding carboxylic acids is 2. The smallest absolute Gasteiger partial charge is 0.240 e. The van der Waals surface area contributed by atoms with Crippen LogP contribution in [0.25, 0.3) is 0 Å². The number of rotatable bonds is 8. The molecule has 30 heavy (non-hydrogen) atoms. The summed E-state index contributed by atoms with van der Waals surface area (Å²) in [5, 5.41) is 0. The normalized spacial score (nSPS) is 14.5. The van der Waals surface area contributed by atoms with Crippen molar-refractivity contribution in [2.24, 2.45) is 0 Å². The van der Waals surface area contributed by atoms with Crippen molar-refractivity contribution in [2.75, 3.05) is 12.0 Å². The molecule has 0 atom stereocenters. The van der Waals surface area contributed by atoms with Gasteiger partial charge in [-0.2, -0.15) is 0 Å². The molecule has 2 aromatic rings. The Labute approximate surface area is 175 Å². The number of nitrogens with zero attached hydrogens (tertiary/aromatic N) is 1. The van der Waals surface area contributed by atoms with Crippen LogP contribution in [0, 0.1) is 0 Å². The van der Waals surface area contributed by atoms with Crippen LogP contribution in [-0.2, 0) is 26.2 Å². The van der Waals surface area contributed by atoms with Crippen molar-refractivity contribution in [3.8, 4) is 11.5 Å². The number of benzene rings is 2. The van der Waals surface area contributed by atoms with Crippen LogP contribution in [-0.4, -0.2) is 33.4 Å². The Kier molecular flexibility index (Phi) is 6.42. The first kappa shape index (κ1) is 21.8. The van der Waals surface area contributed by atoms with Gasteiger partial charge in [0.1, 0.15) is 0 Å². The molecule has 0 aromatic heterocycles. The second-order valence-corrected chi connectivity index (χ2v) is 8.86. The number of ether oxygens (including phenoxy) is 2. The molecule has 1 heterocycles. The fourth-order valence-corrected chi connectivity index (χ4v) is 4.09. The molecule has 1 aliphatic heterocycles. The average Bonchev–Trinajstić information content (AvgIpc) is 3.05. The van der Waals surface area contributed by atoms with Crippen LogP contribution in [0.5, 0.6) is 11.5 Å². The highest BCUT2D eigenvalue weighted by Crippen LogP contribution is 2.29. The van der Waals surface area contributed by atoms with Gasteiger partial charge >= 0.3 is 0 Å². The molecule has 160 valence electrons. The highest BCUT2D eigenvalue weighted by molar-refractivity contribution is 7.89. The van der Waals surface area contributed by atoms with Crippen LogP contribution in [0.15, 0.2) is 47.4 Å². The number of hydrogen-bond acceptors (Lipinski definition) is 6. The van der Waals surface area contributed by atoms with Crippen molar-refractivity contribution in [3.63, 3.8) is 0 Å². The van der Waals surface area contributed by atoms with E-state index in [2.05, 4.69) is 4.72 Å². The molecule has 3 rings (SSSR count). The molecule has 0 spiro atoms. The number of hydrogen-bond donors (Lipinski definition) is 1. The zero-order valence-corrected chi connectivity index (χ0v) is 17.9. The lowest BCUT2D eigenvalue weighted by atomic mass is 10.2. The Morgan fingerprint density at radius 3 is 2.20 bits per heavy atom. The molecule has 1 fully saturated rings. The lowest BCUT2D eigenvalue weighted by Gasteiger charge is -2.15. The van der Waals surface area contributed by atoms with E-state index >= 15 is 0 Å². The first-order valence-electron chi connectivity index (χ1n) is 9.50. The van der Waals surface area contributed by atoms with Gasteiger partial charge in [0, 0.05) is 19.4 Å². The quantitative estimate of drug-likeness (QED) is 0.644. The van der Waals surface area contributed by atoms with Gasteiger partial charge in [-0.05, 0) is 55.8 Å². The van der Waals surface area contributed by atoms with E-state index in [0.717, 1.165) is 4.90 Å². The summed E-state index contributed by atoms with van der Waals surface area (Å²) in [6, 6.07) is 10.9. The maximum absolute atomic E-state index is 12.6. The number of imide groups is 1. The Hall–Kier alpha value is -2.91. The number of methoxy groups -OCH3 is 1. The van der Waals surface area contributed by atoms with Crippen molar-refractivity contribution >= 4 is 27.5 Å². The van der Waals surface area contributed by atoms with E-state index in [-0.39, 0.29) is 42.2 Å². The number of sulfonamides is 1. The summed E-state index contributed by atoms with van der Waals surface area (Å²) in [4.78, 5) is 24.8. The molecular formula is C21H24N2O6S. The second-order valence-electron chi connectivity index (χ2n) is 7.09. The Morgan fingerprint density at radius 2 is 1.63 bits per heavy atom. The van der Waals surface area contributed by atoms with Crippen molar-refractivity contribution in [3.05, 3.63) is 48.0 Å². The van der Waals surface area contributed by atoms with E-state index in [1.807, 2.05) is 13.8 Å². The Balaban J connectivity index is 1.71. The molecule has 2 aromatic carbocycles. The number of nitrogens with one attached hydrogen (secondary N) is 1. The van der Waals surface area contributed by atoms with Gasteiger partial charge in [-0.3, -0.25) is 14.5 Å². The predicted octanol–water partition coefficient (Wildman–Crippen LogP) is 2.61. The molecule has 1 saturated heterocycles. The summed E-state index contributed by atoms with van der Waals surface area (Å²) >= 11 is 0. The topological polar surface area (TPSA) is 102 Å². The SMILES string of the molecule is COc1cc(CNS(=O)(=O)c2ccc(N3C(=O)CCC3=O)cc2)ccc1OC(C)C. The van der Waals surface area contributed by atoms with Gasteiger partial charge < -0.3 is 9.47 Å². The van der Waals surface area contributed by atoms with E-state index in [1.165, 1.54) is 31.4 Å². The van der Waals surface area contributed by atoms with Gasteiger partial charge in [-0.15, -0.1) is 0 Å². The summed E-state index contributed by atoms with van der Waals surface area (Å²) < 4.78 is 38.8. The largest absolute Gasteiger partial charge is 0.493 e. The van der Waals surface area contributed by atoms with Gasteiger partial charge in [0.05, 0.1) is 23.8 Å². The number of amides is 2. The van der Waals surface area contributed by atoms with Gasteiger partial charge in [-0.1, -0.05) is 6.07 Å². The zero-order valence-electron chi connectivity index (χ0n) is 17.0. The van der Waals surface area contributed by atoms with Gasteiger partial charge in [0.25, 0.3) is 0 Å². The van der Waals surface area contributed by atoms with Crippen LogP contribution in [0.4, 0.5) is 5.69 Å². The fraction of sp³-hybridized carbons (Fsp3) is 0.333. The first-order valence-corrected chi connectivity index (χ1v) is 11.0. The molecule has 2 amide bonds. The van der Waals surface area contributed by atoms with Crippen LogP contribution >= 0.6 is 0 Å². The first-order chi connectivity index (χ1) is 14.2. The molecule has 0 radical (unpaired) electrons. The van der Waals surface area contributed by atoms with Crippen molar-refractivity contribution < 1.29 is 27.5 Å². The van der Waals surface area contributed by atoms with E-state index in [1.54, 1.807) is 18.2 Å². The lowest BCUT2D eigenvalue weighted by Crippen LogP contribution is -2.28. The third-order valence-electron chi connectivity index (χ3n) is 4.51. The Bertz CT molecular complexity index is 1030. The summed E-state index contributed by atoms with van der Waals surface area (Å²) in [6.45, 7) is 3.87. The minimum Gasteiger partial charge on any atom is -0.493 e. The molecule has 9 heteroatoms. The summed E-state index contributed by atoms with van der Waals surface area (Å²) in [6.07, 6.45) is 0.327. The monoisotopic (exact) mass is 432 g/mol. The lowest BCUT2D eigenvalue weighted by molar-refractivity contribution is -0.121. The summed E-state index contributed by atoms with van der Waals surface area (Å²) in [5.41, 5.74) is 1.07. The van der Waals surface area contributed by atoms with Gasteiger partial charge in [0.15, 0.2) is 11.5 Å². The van der Waals surface area contributed by atoms with Crippen molar-refractivity contribution in [1.29, 1.82) is 0 Å². The highest BCUT2D eigenvalue weighted by Gasteiger charge is 2.30.